The molecule has 1 aliphatic heterocycles. The molecule has 3 heterocycles. The lowest BCUT2D eigenvalue weighted by Gasteiger charge is -2.34. The van der Waals surface area contributed by atoms with Crippen molar-refractivity contribution in [3.63, 3.8) is 0 Å². The number of carbonyl (C=O) groups is 4. The van der Waals surface area contributed by atoms with E-state index in [1.54, 1.807) is 36.9 Å². The molecule has 1 fully saturated rings. The second-order valence-electron chi connectivity index (χ2n) is 8.35. The van der Waals surface area contributed by atoms with Crippen LogP contribution in [0.25, 0.3) is 10.1 Å². The van der Waals surface area contributed by atoms with Crippen molar-refractivity contribution >= 4 is 84.7 Å². The lowest BCUT2D eigenvalue weighted by atomic mass is 10.1. The number of nitrogens with zero attached hydrogens (tertiary/aromatic N) is 2. The standard InChI is InChI=1S/C24H24Cl2N4O5S2/c1-3-35-24(34)17-12(2)19(21(27)32)37-22(17)28-16(31)11-29-6-8-30(9-7-29)23(33)20-18(26)14-5-4-13(25)10-15(14)36-20/h4-5,10H,3,6-9,11H2,1-2H3,(H2,27,32)(H,28,31). The average molecular weight is 584 g/mol. The van der Waals surface area contributed by atoms with Crippen LogP contribution in [0.4, 0.5) is 5.00 Å². The summed E-state index contributed by atoms with van der Waals surface area (Å²) in [4.78, 5) is 54.4. The van der Waals surface area contributed by atoms with Crippen molar-refractivity contribution in [2.75, 3.05) is 44.6 Å². The number of fused-ring (bicyclic) bond motifs is 1. The lowest BCUT2D eigenvalue weighted by Crippen LogP contribution is -2.50. The Kier molecular flexibility index (Phi) is 8.39. The Balaban J connectivity index is 1.38. The minimum Gasteiger partial charge on any atom is -0.462 e. The number of amides is 3. The van der Waals surface area contributed by atoms with Crippen LogP contribution >= 0.6 is 45.9 Å². The first-order valence-electron chi connectivity index (χ1n) is 11.4. The molecule has 1 saturated heterocycles. The van der Waals surface area contributed by atoms with E-state index in [0.717, 1.165) is 21.4 Å². The number of nitrogens with two attached hydrogens (primary N) is 1. The summed E-state index contributed by atoms with van der Waals surface area (Å²) >= 11 is 14.8. The third kappa shape index (κ3) is 5.75. The highest BCUT2D eigenvalue weighted by molar-refractivity contribution is 7.21. The largest absolute Gasteiger partial charge is 0.462 e. The van der Waals surface area contributed by atoms with Gasteiger partial charge in [0, 0.05) is 41.3 Å². The van der Waals surface area contributed by atoms with Crippen molar-refractivity contribution in [2.45, 2.75) is 13.8 Å². The number of primary amides is 1. The molecule has 0 aliphatic carbocycles. The molecule has 0 atom stereocenters. The van der Waals surface area contributed by atoms with E-state index in [4.69, 9.17) is 33.7 Å². The molecule has 9 nitrogen and oxygen atoms in total. The normalized spacial score (nSPS) is 14.1. The zero-order valence-electron chi connectivity index (χ0n) is 20.1. The molecule has 0 saturated carbocycles. The highest BCUT2D eigenvalue weighted by atomic mass is 35.5. The first-order chi connectivity index (χ1) is 17.6. The van der Waals surface area contributed by atoms with Gasteiger partial charge < -0.3 is 20.7 Å². The molecule has 3 amide bonds. The maximum Gasteiger partial charge on any atom is 0.341 e. The monoisotopic (exact) mass is 582 g/mol. The van der Waals surface area contributed by atoms with E-state index in [0.29, 0.717) is 46.7 Å². The topological polar surface area (TPSA) is 122 Å². The number of carbonyl (C=O) groups excluding carboxylic acids is 4. The third-order valence-electron chi connectivity index (χ3n) is 5.92. The molecule has 2 aromatic heterocycles. The molecule has 0 spiro atoms. The summed E-state index contributed by atoms with van der Waals surface area (Å²) in [5.41, 5.74) is 5.93. The van der Waals surface area contributed by atoms with Crippen LogP contribution in [0.15, 0.2) is 18.2 Å². The zero-order valence-corrected chi connectivity index (χ0v) is 23.2. The van der Waals surface area contributed by atoms with Gasteiger partial charge in [0.1, 0.15) is 9.88 Å². The summed E-state index contributed by atoms with van der Waals surface area (Å²) in [6.07, 6.45) is 0. The Morgan fingerprint density at radius 1 is 1.08 bits per heavy atom. The van der Waals surface area contributed by atoms with Crippen LogP contribution < -0.4 is 11.1 Å². The van der Waals surface area contributed by atoms with Crippen molar-refractivity contribution in [2.24, 2.45) is 5.73 Å². The van der Waals surface area contributed by atoms with Crippen LogP contribution in [-0.4, -0.2) is 72.8 Å². The van der Waals surface area contributed by atoms with Gasteiger partial charge in [-0.05, 0) is 31.5 Å². The Hall–Kier alpha value is -2.70. The lowest BCUT2D eigenvalue weighted by molar-refractivity contribution is -0.117. The van der Waals surface area contributed by atoms with Gasteiger partial charge in [-0.1, -0.05) is 29.3 Å². The van der Waals surface area contributed by atoms with Crippen LogP contribution in [0.5, 0.6) is 0 Å². The van der Waals surface area contributed by atoms with Crippen LogP contribution in [0.2, 0.25) is 10.0 Å². The molecule has 3 N–H and O–H groups in total. The number of halogens is 2. The Morgan fingerprint density at radius 2 is 1.78 bits per heavy atom. The molecule has 13 heteroatoms. The van der Waals surface area contributed by atoms with Gasteiger partial charge in [-0.2, -0.15) is 0 Å². The maximum atomic E-state index is 13.1. The van der Waals surface area contributed by atoms with Gasteiger partial charge in [0.05, 0.1) is 28.6 Å². The second kappa shape index (κ2) is 11.4. The van der Waals surface area contributed by atoms with Gasteiger partial charge in [0.25, 0.3) is 11.8 Å². The summed E-state index contributed by atoms with van der Waals surface area (Å²) in [6.45, 7) is 5.27. The molecular weight excluding hydrogens is 559 g/mol. The van der Waals surface area contributed by atoms with E-state index in [9.17, 15) is 19.2 Å². The van der Waals surface area contributed by atoms with Crippen molar-refractivity contribution in [1.29, 1.82) is 0 Å². The summed E-state index contributed by atoms with van der Waals surface area (Å²) < 4.78 is 5.93. The van der Waals surface area contributed by atoms with E-state index in [1.807, 2.05) is 4.90 Å². The number of thiophene rings is 2. The highest BCUT2D eigenvalue weighted by Gasteiger charge is 2.29. The molecule has 3 aromatic rings. The number of hydrogen-bond acceptors (Lipinski definition) is 8. The third-order valence-corrected chi connectivity index (χ3v) is 9.02. The second-order valence-corrected chi connectivity index (χ2v) is 11.2. The van der Waals surface area contributed by atoms with Crippen LogP contribution in [0.3, 0.4) is 0 Å². The number of piperazine rings is 1. The van der Waals surface area contributed by atoms with Gasteiger partial charge in [0.15, 0.2) is 0 Å². The molecule has 1 aromatic carbocycles. The molecule has 0 unspecified atom stereocenters. The number of esters is 1. The number of ether oxygens (including phenoxy) is 1. The Labute approximate surface area is 231 Å². The fraction of sp³-hybridized carbons (Fsp3) is 0.333. The van der Waals surface area contributed by atoms with E-state index in [1.165, 1.54) is 11.3 Å². The van der Waals surface area contributed by atoms with Crippen molar-refractivity contribution in [1.82, 2.24) is 9.80 Å². The maximum absolute atomic E-state index is 13.1. The summed E-state index contributed by atoms with van der Waals surface area (Å²) in [7, 11) is 0. The van der Waals surface area contributed by atoms with E-state index < -0.39 is 11.9 Å². The van der Waals surface area contributed by atoms with Crippen molar-refractivity contribution in [3.05, 3.63) is 49.1 Å². The van der Waals surface area contributed by atoms with Crippen LogP contribution in [0, 0.1) is 6.92 Å². The zero-order chi connectivity index (χ0) is 26.9. The number of hydrogen-bond donors (Lipinski definition) is 2. The molecule has 196 valence electrons. The van der Waals surface area contributed by atoms with Gasteiger partial charge in [-0.25, -0.2) is 4.79 Å². The molecule has 4 rings (SSSR count). The Morgan fingerprint density at radius 3 is 2.43 bits per heavy atom. The number of nitrogens with one attached hydrogen (secondary N) is 1. The average Bonchev–Trinajstić information content (AvgIpc) is 3.35. The summed E-state index contributed by atoms with van der Waals surface area (Å²) in [6, 6.07) is 5.33. The van der Waals surface area contributed by atoms with Crippen LogP contribution in [0.1, 0.15) is 42.2 Å². The molecule has 0 radical (unpaired) electrons. The van der Waals surface area contributed by atoms with Crippen molar-refractivity contribution in [3.8, 4) is 0 Å². The molecule has 0 bridgehead atoms. The molecule has 1 aliphatic rings. The van der Waals surface area contributed by atoms with Gasteiger partial charge >= 0.3 is 5.97 Å². The number of rotatable bonds is 7. The fourth-order valence-corrected chi connectivity index (χ4v) is 6.90. The fourth-order valence-electron chi connectivity index (χ4n) is 4.08. The van der Waals surface area contributed by atoms with E-state index in [-0.39, 0.29) is 40.4 Å². The van der Waals surface area contributed by atoms with Gasteiger partial charge in [0.2, 0.25) is 5.91 Å². The highest BCUT2D eigenvalue weighted by Crippen LogP contribution is 2.37. The Bertz CT molecular complexity index is 1400. The number of anilines is 1. The summed E-state index contributed by atoms with van der Waals surface area (Å²) in [5, 5.41) is 4.74. The molecule has 37 heavy (non-hydrogen) atoms. The van der Waals surface area contributed by atoms with E-state index >= 15 is 0 Å². The minimum atomic E-state index is -0.684. The molecular formula is C24H24Cl2N4O5S2. The van der Waals surface area contributed by atoms with Crippen molar-refractivity contribution < 1.29 is 23.9 Å². The first kappa shape index (κ1) is 27.3. The number of benzene rings is 1. The SMILES string of the molecule is CCOC(=O)c1c(NC(=O)CN2CCN(C(=O)c3sc4cc(Cl)ccc4c3Cl)CC2)sc(C(N)=O)c1C. The summed E-state index contributed by atoms with van der Waals surface area (Å²) in [5.74, 6) is -1.82. The smallest absolute Gasteiger partial charge is 0.341 e. The minimum absolute atomic E-state index is 0.0509. The predicted octanol–water partition coefficient (Wildman–Crippen LogP) is 4.25. The van der Waals surface area contributed by atoms with Crippen LogP contribution in [-0.2, 0) is 9.53 Å². The first-order valence-corrected chi connectivity index (χ1v) is 13.8. The van der Waals surface area contributed by atoms with Gasteiger partial charge in [-0.3, -0.25) is 19.3 Å². The van der Waals surface area contributed by atoms with Gasteiger partial charge in [-0.15, -0.1) is 22.7 Å². The predicted molar refractivity (Wildman–Crippen MR) is 146 cm³/mol. The quantitative estimate of drug-likeness (QED) is 0.401. The van der Waals surface area contributed by atoms with E-state index in [2.05, 4.69) is 5.32 Å².